The van der Waals surface area contributed by atoms with Crippen LogP contribution in [0.25, 0.3) is 0 Å². The van der Waals surface area contributed by atoms with Crippen LogP contribution in [0.2, 0.25) is 0 Å². The standard InChI is InChI=1S/C5H11NO2.C2H7NO/c1-3(2)4(6)5(7)8;3-1-2-4/h3-4H,6H2,1-2H3,(H,7,8);4H,1-3H2/t4-;/m0./s1. The Hall–Kier alpha value is -0.650. The van der Waals surface area contributed by atoms with Crippen molar-refractivity contribution < 1.29 is 15.0 Å². The van der Waals surface area contributed by atoms with Crippen LogP contribution in [0.1, 0.15) is 13.8 Å². The Bertz CT molecular complexity index is 115. The Morgan fingerprint density at radius 3 is 1.83 bits per heavy atom. The fraction of sp³-hybridized carbons (Fsp3) is 0.857. The van der Waals surface area contributed by atoms with Crippen LogP contribution in [0.4, 0.5) is 0 Å². The second-order valence-corrected chi connectivity index (χ2v) is 2.62. The average molecular weight is 178 g/mol. The SMILES string of the molecule is CC(C)[C@H](N)C(=O)O.NCCO. The highest BCUT2D eigenvalue weighted by atomic mass is 16.4. The largest absolute Gasteiger partial charge is 0.480 e. The molecule has 0 aliphatic carbocycles. The van der Waals surface area contributed by atoms with E-state index in [1.54, 1.807) is 13.8 Å². The number of hydrogen-bond acceptors (Lipinski definition) is 4. The highest BCUT2D eigenvalue weighted by Gasteiger charge is 2.14. The first-order valence-corrected chi connectivity index (χ1v) is 3.76. The van der Waals surface area contributed by atoms with Gasteiger partial charge in [-0.1, -0.05) is 13.8 Å². The topological polar surface area (TPSA) is 110 Å². The molecule has 0 aromatic carbocycles. The molecule has 0 amide bonds. The lowest BCUT2D eigenvalue weighted by Crippen LogP contribution is -2.34. The van der Waals surface area contributed by atoms with Crippen molar-refractivity contribution in [2.75, 3.05) is 13.2 Å². The summed E-state index contributed by atoms with van der Waals surface area (Å²) in [6.45, 7) is 4.03. The molecular weight excluding hydrogens is 160 g/mol. The molecule has 5 heteroatoms. The third kappa shape index (κ3) is 9.35. The summed E-state index contributed by atoms with van der Waals surface area (Å²) in [6, 6.07) is -0.713. The fourth-order valence-electron chi connectivity index (χ4n) is 0.285. The molecule has 1 atom stereocenters. The van der Waals surface area contributed by atoms with Gasteiger partial charge in [0.2, 0.25) is 0 Å². The van der Waals surface area contributed by atoms with Crippen LogP contribution < -0.4 is 11.5 Å². The monoisotopic (exact) mass is 178 g/mol. The maximum absolute atomic E-state index is 10.0. The van der Waals surface area contributed by atoms with Crippen LogP contribution in [-0.4, -0.2) is 35.4 Å². The zero-order chi connectivity index (χ0) is 10.1. The number of aliphatic hydroxyl groups excluding tert-OH is 1. The van der Waals surface area contributed by atoms with Gasteiger partial charge in [0.1, 0.15) is 6.04 Å². The number of aliphatic carboxylic acids is 1. The molecule has 0 aromatic rings. The van der Waals surface area contributed by atoms with Gasteiger partial charge < -0.3 is 21.7 Å². The maximum atomic E-state index is 10.0. The molecule has 0 fully saturated rings. The Labute approximate surface area is 72.4 Å². The highest BCUT2D eigenvalue weighted by Crippen LogP contribution is 1.96. The fourth-order valence-corrected chi connectivity index (χ4v) is 0.285. The van der Waals surface area contributed by atoms with Gasteiger partial charge in [-0.25, -0.2) is 0 Å². The molecule has 0 saturated carbocycles. The highest BCUT2D eigenvalue weighted by molar-refractivity contribution is 5.73. The van der Waals surface area contributed by atoms with Crippen molar-refractivity contribution in [2.24, 2.45) is 17.4 Å². The van der Waals surface area contributed by atoms with Crippen LogP contribution in [0, 0.1) is 5.92 Å². The van der Waals surface area contributed by atoms with Crippen LogP contribution in [0.5, 0.6) is 0 Å². The molecule has 0 saturated heterocycles. The number of carbonyl (C=O) groups is 1. The molecule has 12 heavy (non-hydrogen) atoms. The molecule has 0 bridgehead atoms. The summed E-state index contributed by atoms with van der Waals surface area (Å²) in [5, 5.41) is 16.0. The Morgan fingerprint density at radius 1 is 1.50 bits per heavy atom. The molecule has 5 nitrogen and oxygen atoms in total. The molecule has 0 aliphatic rings. The van der Waals surface area contributed by atoms with Crippen molar-refractivity contribution in [3.05, 3.63) is 0 Å². The second kappa shape index (κ2) is 8.45. The van der Waals surface area contributed by atoms with Gasteiger partial charge in [-0.15, -0.1) is 0 Å². The van der Waals surface area contributed by atoms with E-state index < -0.39 is 12.0 Å². The molecule has 6 N–H and O–H groups in total. The van der Waals surface area contributed by atoms with E-state index in [0.717, 1.165) is 0 Å². The molecule has 0 radical (unpaired) electrons. The number of aliphatic hydroxyl groups is 1. The Morgan fingerprint density at radius 2 is 1.83 bits per heavy atom. The number of nitrogens with two attached hydrogens (primary N) is 2. The van der Waals surface area contributed by atoms with E-state index in [1.807, 2.05) is 0 Å². The Kier molecular flexibility index (Phi) is 9.79. The molecule has 0 aromatic heterocycles. The molecule has 0 heterocycles. The summed E-state index contributed by atoms with van der Waals surface area (Å²) < 4.78 is 0. The number of hydrogen-bond donors (Lipinski definition) is 4. The van der Waals surface area contributed by atoms with Gasteiger partial charge >= 0.3 is 5.97 Å². The summed E-state index contributed by atoms with van der Waals surface area (Å²) in [6.07, 6.45) is 0. The minimum atomic E-state index is -0.931. The first kappa shape index (κ1) is 13.9. The van der Waals surface area contributed by atoms with Crippen LogP contribution in [0.15, 0.2) is 0 Å². The van der Waals surface area contributed by atoms with Gasteiger partial charge in [0, 0.05) is 6.54 Å². The van der Waals surface area contributed by atoms with E-state index >= 15 is 0 Å². The lowest BCUT2D eigenvalue weighted by Gasteiger charge is -2.07. The van der Waals surface area contributed by atoms with Crippen molar-refractivity contribution in [2.45, 2.75) is 19.9 Å². The summed E-state index contributed by atoms with van der Waals surface area (Å²) in [4.78, 5) is 10.0. The van der Waals surface area contributed by atoms with Crippen molar-refractivity contribution in [3.8, 4) is 0 Å². The predicted octanol–water partition coefficient (Wildman–Crippen LogP) is -1.01. The van der Waals surface area contributed by atoms with Crippen molar-refractivity contribution in [1.82, 2.24) is 0 Å². The summed E-state index contributed by atoms with van der Waals surface area (Å²) >= 11 is 0. The summed E-state index contributed by atoms with van der Waals surface area (Å²) in [7, 11) is 0. The Balaban J connectivity index is 0. The normalized spacial score (nSPS) is 11.8. The second-order valence-electron chi connectivity index (χ2n) is 2.62. The van der Waals surface area contributed by atoms with Gasteiger partial charge in [0.05, 0.1) is 6.61 Å². The van der Waals surface area contributed by atoms with E-state index in [2.05, 4.69) is 0 Å². The van der Waals surface area contributed by atoms with Crippen molar-refractivity contribution in [3.63, 3.8) is 0 Å². The third-order valence-corrected chi connectivity index (χ3v) is 1.13. The first-order chi connectivity index (χ1) is 5.47. The number of rotatable bonds is 3. The molecule has 74 valence electrons. The van der Waals surface area contributed by atoms with Crippen molar-refractivity contribution >= 4 is 5.97 Å². The lowest BCUT2D eigenvalue weighted by atomic mass is 10.1. The zero-order valence-corrected chi connectivity index (χ0v) is 7.53. The van der Waals surface area contributed by atoms with E-state index in [4.69, 9.17) is 21.7 Å². The van der Waals surface area contributed by atoms with Gasteiger partial charge in [-0.2, -0.15) is 0 Å². The third-order valence-electron chi connectivity index (χ3n) is 1.13. The minimum absolute atomic E-state index is 0.0208. The number of carboxylic acids is 1. The van der Waals surface area contributed by atoms with Crippen LogP contribution >= 0.6 is 0 Å². The molecule has 0 aliphatic heterocycles. The van der Waals surface area contributed by atoms with E-state index in [1.165, 1.54) is 0 Å². The smallest absolute Gasteiger partial charge is 0.320 e. The zero-order valence-electron chi connectivity index (χ0n) is 7.53. The maximum Gasteiger partial charge on any atom is 0.320 e. The number of carboxylic acid groups (broad SMARTS) is 1. The predicted molar refractivity (Wildman–Crippen MR) is 46.6 cm³/mol. The van der Waals surface area contributed by atoms with E-state index in [0.29, 0.717) is 6.54 Å². The minimum Gasteiger partial charge on any atom is -0.480 e. The van der Waals surface area contributed by atoms with E-state index in [-0.39, 0.29) is 12.5 Å². The summed E-state index contributed by atoms with van der Waals surface area (Å²) in [5.74, 6) is -0.910. The van der Waals surface area contributed by atoms with Crippen molar-refractivity contribution in [1.29, 1.82) is 0 Å². The van der Waals surface area contributed by atoms with Crippen LogP contribution in [-0.2, 0) is 4.79 Å². The van der Waals surface area contributed by atoms with Gasteiger partial charge in [-0.3, -0.25) is 4.79 Å². The summed E-state index contributed by atoms with van der Waals surface area (Å²) in [5.41, 5.74) is 9.94. The molecular formula is C7H18N2O3. The average Bonchev–Trinajstić information content (AvgIpc) is 2.03. The van der Waals surface area contributed by atoms with Crippen LogP contribution in [0.3, 0.4) is 0 Å². The van der Waals surface area contributed by atoms with Gasteiger partial charge in [-0.05, 0) is 5.92 Å². The lowest BCUT2D eigenvalue weighted by molar-refractivity contribution is -0.139. The molecule has 0 spiro atoms. The van der Waals surface area contributed by atoms with E-state index in [9.17, 15) is 4.79 Å². The van der Waals surface area contributed by atoms with Gasteiger partial charge in [0.15, 0.2) is 0 Å². The quantitative estimate of drug-likeness (QED) is 0.443. The first-order valence-electron chi connectivity index (χ1n) is 3.76. The molecule has 0 unspecified atom stereocenters. The van der Waals surface area contributed by atoms with Gasteiger partial charge in [0.25, 0.3) is 0 Å². The molecule has 0 rings (SSSR count).